The minimum atomic E-state index is -5.61. The Kier molecular flexibility index (Phi) is 4.81. The van der Waals surface area contributed by atoms with E-state index in [1.54, 1.807) is 13.8 Å². The molecular formula is C12H15F4NO2S. The van der Waals surface area contributed by atoms with Crippen LogP contribution in [0.3, 0.4) is 0 Å². The lowest BCUT2D eigenvalue weighted by molar-refractivity contribution is -0.0436. The highest BCUT2D eigenvalue weighted by Gasteiger charge is 2.48. The molecule has 1 rings (SSSR count). The molecule has 0 fully saturated rings. The first-order chi connectivity index (χ1) is 9.02. The molecule has 3 nitrogen and oxygen atoms in total. The van der Waals surface area contributed by atoms with Crippen molar-refractivity contribution in [3.8, 4) is 0 Å². The fourth-order valence-corrected chi connectivity index (χ4v) is 3.09. The maximum absolute atomic E-state index is 13.2. The Labute approximate surface area is 114 Å². The third-order valence-electron chi connectivity index (χ3n) is 3.04. The van der Waals surface area contributed by atoms with Gasteiger partial charge in [0.2, 0.25) is 0 Å². The number of alkyl halides is 3. The first-order valence-electron chi connectivity index (χ1n) is 5.88. The van der Waals surface area contributed by atoms with Gasteiger partial charge in [-0.05, 0) is 37.0 Å². The zero-order valence-electron chi connectivity index (χ0n) is 10.9. The fraction of sp³-hybridized carbons (Fsp3) is 0.500. The van der Waals surface area contributed by atoms with Gasteiger partial charge < -0.3 is 5.73 Å². The van der Waals surface area contributed by atoms with E-state index < -0.39 is 38.0 Å². The van der Waals surface area contributed by atoms with Crippen LogP contribution >= 0.6 is 0 Å². The van der Waals surface area contributed by atoms with E-state index >= 15 is 0 Å². The van der Waals surface area contributed by atoms with Gasteiger partial charge in [-0.2, -0.15) is 13.2 Å². The van der Waals surface area contributed by atoms with Crippen molar-refractivity contribution in [3.63, 3.8) is 0 Å². The topological polar surface area (TPSA) is 60.2 Å². The van der Waals surface area contributed by atoms with E-state index in [4.69, 9.17) is 5.73 Å². The van der Waals surface area contributed by atoms with Crippen molar-refractivity contribution < 1.29 is 26.0 Å². The Bertz CT molecular complexity index is 582. The monoisotopic (exact) mass is 313 g/mol. The van der Waals surface area contributed by atoms with Crippen LogP contribution in [0.5, 0.6) is 0 Å². The predicted molar refractivity (Wildman–Crippen MR) is 66.3 cm³/mol. The highest BCUT2D eigenvalue weighted by Crippen LogP contribution is 2.36. The van der Waals surface area contributed by atoms with E-state index in [-0.39, 0.29) is 5.56 Å². The van der Waals surface area contributed by atoms with Gasteiger partial charge in [0, 0.05) is 6.04 Å². The summed E-state index contributed by atoms with van der Waals surface area (Å²) in [5, 5.41) is 0. The van der Waals surface area contributed by atoms with Gasteiger partial charge in [0.15, 0.2) is 0 Å². The molecule has 1 aromatic carbocycles. The molecule has 0 amide bonds. The van der Waals surface area contributed by atoms with E-state index in [0.717, 1.165) is 12.1 Å². The van der Waals surface area contributed by atoms with Gasteiger partial charge in [0.05, 0.1) is 4.90 Å². The van der Waals surface area contributed by atoms with Crippen LogP contribution in [0.2, 0.25) is 0 Å². The molecule has 0 aromatic heterocycles. The van der Waals surface area contributed by atoms with E-state index in [2.05, 4.69) is 0 Å². The van der Waals surface area contributed by atoms with Crippen LogP contribution in [0.25, 0.3) is 0 Å². The van der Waals surface area contributed by atoms with Crippen LogP contribution in [-0.4, -0.2) is 20.0 Å². The molecule has 0 aliphatic rings. The van der Waals surface area contributed by atoms with Gasteiger partial charge in [0.25, 0.3) is 9.84 Å². The molecule has 0 spiro atoms. The van der Waals surface area contributed by atoms with Crippen LogP contribution in [-0.2, 0) is 9.84 Å². The standard InChI is InChI=1S/C12H15F4NO2S/c1-3-9(7(2)17)10-5-4-8(13)6-11(10)20(18,19)12(14,15)16/h4-7,9H,3,17H2,1-2H3. The molecule has 0 aliphatic heterocycles. The van der Waals surface area contributed by atoms with Gasteiger partial charge in [-0.3, -0.25) is 0 Å². The zero-order valence-corrected chi connectivity index (χ0v) is 11.7. The largest absolute Gasteiger partial charge is 0.501 e. The summed E-state index contributed by atoms with van der Waals surface area (Å²) in [6.45, 7) is 3.23. The van der Waals surface area contributed by atoms with Crippen molar-refractivity contribution in [1.29, 1.82) is 0 Å². The van der Waals surface area contributed by atoms with Crippen molar-refractivity contribution in [2.24, 2.45) is 5.73 Å². The smallest absolute Gasteiger partial charge is 0.327 e. The molecule has 0 heterocycles. The molecule has 114 valence electrons. The van der Waals surface area contributed by atoms with Crippen LogP contribution in [0.15, 0.2) is 23.1 Å². The molecule has 0 aliphatic carbocycles. The number of sulfone groups is 1. The van der Waals surface area contributed by atoms with Crippen molar-refractivity contribution in [2.75, 3.05) is 0 Å². The van der Waals surface area contributed by atoms with Crippen molar-refractivity contribution >= 4 is 9.84 Å². The Morgan fingerprint density at radius 3 is 2.25 bits per heavy atom. The highest BCUT2D eigenvalue weighted by atomic mass is 32.2. The molecule has 0 saturated carbocycles. The summed E-state index contributed by atoms with van der Waals surface area (Å²) in [6, 6.07) is 1.80. The van der Waals surface area contributed by atoms with Gasteiger partial charge in [-0.25, -0.2) is 12.8 Å². The summed E-state index contributed by atoms with van der Waals surface area (Å²) in [4.78, 5) is -1.06. The lowest BCUT2D eigenvalue weighted by Crippen LogP contribution is -2.29. The quantitative estimate of drug-likeness (QED) is 0.869. The lowest BCUT2D eigenvalue weighted by atomic mass is 9.90. The first kappa shape index (κ1) is 16.9. The zero-order chi connectivity index (χ0) is 15.7. The molecule has 0 bridgehead atoms. The van der Waals surface area contributed by atoms with Gasteiger partial charge in [-0.1, -0.05) is 13.0 Å². The molecule has 20 heavy (non-hydrogen) atoms. The lowest BCUT2D eigenvalue weighted by Gasteiger charge is -2.23. The third-order valence-corrected chi connectivity index (χ3v) is 4.59. The molecular weight excluding hydrogens is 298 g/mol. The van der Waals surface area contributed by atoms with Crippen LogP contribution < -0.4 is 5.73 Å². The minimum Gasteiger partial charge on any atom is -0.327 e. The Morgan fingerprint density at radius 1 is 1.30 bits per heavy atom. The van der Waals surface area contributed by atoms with Crippen molar-refractivity contribution in [3.05, 3.63) is 29.6 Å². The molecule has 1 aromatic rings. The Hall–Kier alpha value is -1.15. The molecule has 2 unspecified atom stereocenters. The summed E-state index contributed by atoms with van der Waals surface area (Å²) in [6.07, 6.45) is 0.337. The second kappa shape index (κ2) is 5.69. The summed E-state index contributed by atoms with van der Waals surface area (Å²) in [5.74, 6) is -1.65. The van der Waals surface area contributed by atoms with E-state index in [1.165, 1.54) is 0 Å². The molecule has 0 saturated heterocycles. The van der Waals surface area contributed by atoms with Gasteiger partial charge >= 0.3 is 5.51 Å². The molecule has 8 heteroatoms. The van der Waals surface area contributed by atoms with Crippen LogP contribution in [0.1, 0.15) is 31.7 Å². The second-order valence-electron chi connectivity index (χ2n) is 4.51. The second-order valence-corrected chi connectivity index (χ2v) is 6.41. The third kappa shape index (κ3) is 3.12. The number of benzene rings is 1. The highest BCUT2D eigenvalue weighted by molar-refractivity contribution is 7.92. The van der Waals surface area contributed by atoms with E-state index in [1.807, 2.05) is 0 Å². The average Bonchev–Trinajstić information content (AvgIpc) is 2.29. The summed E-state index contributed by atoms with van der Waals surface area (Å²) >= 11 is 0. The maximum atomic E-state index is 13.2. The number of hydrogen-bond donors (Lipinski definition) is 1. The first-order valence-corrected chi connectivity index (χ1v) is 7.37. The Balaban J connectivity index is 3.58. The molecule has 2 N–H and O–H groups in total. The fourth-order valence-electron chi connectivity index (χ4n) is 2.05. The van der Waals surface area contributed by atoms with Crippen molar-refractivity contribution in [2.45, 2.75) is 42.6 Å². The van der Waals surface area contributed by atoms with Crippen LogP contribution in [0, 0.1) is 5.82 Å². The van der Waals surface area contributed by atoms with E-state index in [9.17, 15) is 26.0 Å². The van der Waals surface area contributed by atoms with Crippen molar-refractivity contribution in [1.82, 2.24) is 0 Å². The molecule has 0 radical (unpaired) electrons. The predicted octanol–water partition coefficient (Wildman–Crippen LogP) is 2.96. The summed E-state index contributed by atoms with van der Waals surface area (Å²) in [7, 11) is -5.61. The van der Waals surface area contributed by atoms with Crippen LogP contribution in [0.4, 0.5) is 17.6 Å². The van der Waals surface area contributed by atoms with E-state index in [0.29, 0.717) is 12.5 Å². The summed E-state index contributed by atoms with van der Waals surface area (Å²) in [5.41, 5.74) is 0.0782. The number of hydrogen-bond acceptors (Lipinski definition) is 3. The Morgan fingerprint density at radius 2 is 1.85 bits per heavy atom. The van der Waals surface area contributed by atoms with Gasteiger partial charge in [0.1, 0.15) is 5.82 Å². The SMILES string of the molecule is CCC(c1ccc(F)cc1S(=O)(=O)C(F)(F)F)C(C)N. The number of halogens is 4. The maximum Gasteiger partial charge on any atom is 0.501 e. The normalized spacial score (nSPS) is 15.9. The average molecular weight is 313 g/mol. The minimum absolute atomic E-state index is 0.110. The number of rotatable bonds is 4. The molecule has 2 atom stereocenters. The number of nitrogens with two attached hydrogens (primary N) is 1. The van der Waals surface area contributed by atoms with Gasteiger partial charge in [-0.15, -0.1) is 0 Å². The summed E-state index contributed by atoms with van der Waals surface area (Å²) < 4.78 is 74.2.